The van der Waals surface area contributed by atoms with Gasteiger partial charge in [0.1, 0.15) is 23.0 Å². The standard InChI is InChI=1S/C48H32O6/c1-51-37-23-35-39(53-3)21-33(47(49)45(35)43-31(37)19-17-27-15-13-25-9-5-7-11-29(25)41(27)43)34-22-40(54-4)36-24-38(52-2)32-20-18-28-16-14-26-10-6-8-12-30(26)42(28)44(32)46(36)48(34)50/h5-24H,1-4H3/b34-33+. The lowest BCUT2D eigenvalue weighted by Gasteiger charge is -2.26. The Morgan fingerprint density at radius 3 is 1.19 bits per heavy atom. The van der Waals surface area contributed by atoms with E-state index >= 15 is 9.59 Å². The highest BCUT2D eigenvalue weighted by molar-refractivity contribution is 6.36. The molecule has 0 atom stereocenters. The fourth-order valence-corrected chi connectivity index (χ4v) is 8.71. The van der Waals surface area contributed by atoms with Gasteiger partial charge < -0.3 is 18.9 Å². The van der Waals surface area contributed by atoms with Crippen LogP contribution >= 0.6 is 0 Å². The van der Waals surface area contributed by atoms with Gasteiger partial charge >= 0.3 is 0 Å². The van der Waals surface area contributed by atoms with E-state index in [1.165, 1.54) is 0 Å². The molecule has 10 rings (SSSR count). The quantitative estimate of drug-likeness (QED) is 0.134. The average Bonchev–Trinajstić information content (AvgIpc) is 3.22. The summed E-state index contributed by atoms with van der Waals surface area (Å²) < 4.78 is 24.0. The summed E-state index contributed by atoms with van der Waals surface area (Å²) in [5.41, 5.74) is 2.56. The van der Waals surface area contributed by atoms with Gasteiger partial charge in [-0.2, -0.15) is 0 Å². The minimum absolute atomic E-state index is 0.224. The Labute approximate surface area is 310 Å². The first-order valence-electron chi connectivity index (χ1n) is 17.7. The number of hydrogen-bond donors (Lipinski definition) is 0. The van der Waals surface area contributed by atoms with Crippen LogP contribution in [0.15, 0.2) is 132 Å². The highest BCUT2D eigenvalue weighted by Gasteiger charge is 2.36. The molecular formula is C48H32O6. The van der Waals surface area contributed by atoms with Gasteiger partial charge in [0.15, 0.2) is 11.6 Å². The Kier molecular flexibility index (Phi) is 6.95. The predicted molar refractivity (Wildman–Crippen MR) is 217 cm³/mol. The number of ketones is 2. The summed E-state index contributed by atoms with van der Waals surface area (Å²) in [6, 6.07) is 36.5. The molecule has 0 N–H and O–H groups in total. The van der Waals surface area contributed by atoms with Crippen LogP contribution in [0, 0.1) is 0 Å². The van der Waals surface area contributed by atoms with Gasteiger partial charge in [0.2, 0.25) is 0 Å². The van der Waals surface area contributed by atoms with Crippen molar-refractivity contribution in [1.82, 2.24) is 0 Å². The van der Waals surface area contributed by atoms with E-state index < -0.39 is 0 Å². The van der Waals surface area contributed by atoms with Crippen molar-refractivity contribution in [1.29, 1.82) is 0 Å². The van der Waals surface area contributed by atoms with Gasteiger partial charge in [-0.1, -0.05) is 84.9 Å². The summed E-state index contributed by atoms with van der Waals surface area (Å²) in [6.45, 7) is 0. The second kappa shape index (κ2) is 11.8. The van der Waals surface area contributed by atoms with E-state index in [-0.39, 0.29) is 22.7 Å². The molecule has 2 aliphatic carbocycles. The van der Waals surface area contributed by atoms with E-state index in [2.05, 4.69) is 60.7 Å². The minimum atomic E-state index is -0.287. The van der Waals surface area contributed by atoms with E-state index in [0.29, 0.717) is 45.3 Å². The van der Waals surface area contributed by atoms with Gasteiger partial charge in [-0.15, -0.1) is 0 Å². The van der Waals surface area contributed by atoms with Crippen LogP contribution in [0.2, 0.25) is 0 Å². The van der Waals surface area contributed by atoms with Gasteiger partial charge in [0.05, 0.1) is 28.4 Å². The summed E-state index contributed by atoms with van der Waals surface area (Å²) in [6.07, 6.45) is 3.36. The zero-order valence-corrected chi connectivity index (χ0v) is 30.0. The number of fused-ring (bicyclic) bond motifs is 14. The molecule has 260 valence electrons. The van der Waals surface area contributed by atoms with Crippen molar-refractivity contribution in [3.63, 3.8) is 0 Å². The SMILES string of the molecule is COC1=C/C(=C2/C=C(OC)c3cc(OC)c4ccc5ccc6ccccc6c5c4c3C2=O)C(=O)c2c1cc(OC)c1ccc3ccc4ccccc4c3c21. The molecule has 0 amide bonds. The zero-order chi connectivity index (χ0) is 36.8. The van der Waals surface area contributed by atoms with Crippen LogP contribution in [-0.4, -0.2) is 40.0 Å². The zero-order valence-electron chi connectivity index (χ0n) is 30.0. The highest BCUT2D eigenvalue weighted by Crippen LogP contribution is 2.48. The molecule has 0 saturated carbocycles. The van der Waals surface area contributed by atoms with E-state index in [1.54, 1.807) is 40.6 Å². The third-order valence-electron chi connectivity index (χ3n) is 11.1. The Morgan fingerprint density at radius 1 is 0.389 bits per heavy atom. The monoisotopic (exact) mass is 704 g/mol. The first kappa shape index (κ1) is 31.8. The van der Waals surface area contributed by atoms with Crippen LogP contribution in [0.1, 0.15) is 31.8 Å². The fraction of sp³-hybridized carbons (Fsp3) is 0.0833. The molecule has 0 radical (unpaired) electrons. The number of allylic oxidation sites excluding steroid dienone is 4. The van der Waals surface area contributed by atoms with Crippen molar-refractivity contribution >= 4 is 87.7 Å². The largest absolute Gasteiger partial charge is 0.496 e. The van der Waals surface area contributed by atoms with Crippen molar-refractivity contribution in [3.8, 4) is 11.5 Å². The van der Waals surface area contributed by atoms with E-state index in [0.717, 1.165) is 64.6 Å². The van der Waals surface area contributed by atoms with Gasteiger partial charge in [-0.3, -0.25) is 9.59 Å². The second-order valence-electron chi connectivity index (χ2n) is 13.7. The number of methoxy groups -OCH3 is 4. The highest BCUT2D eigenvalue weighted by atomic mass is 16.5. The van der Waals surface area contributed by atoms with Crippen LogP contribution in [0.5, 0.6) is 11.5 Å². The second-order valence-corrected chi connectivity index (χ2v) is 13.7. The van der Waals surface area contributed by atoms with Gasteiger partial charge in [0, 0.05) is 54.9 Å². The summed E-state index contributed by atoms with van der Waals surface area (Å²) in [4.78, 5) is 30.7. The summed E-state index contributed by atoms with van der Waals surface area (Å²) >= 11 is 0. The lowest BCUT2D eigenvalue weighted by Crippen LogP contribution is -2.20. The smallest absolute Gasteiger partial charge is 0.195 e. The Balaban J connectivity index is 1.33. The van der Waals surface area contributed by atoms with Crippen molar-refractivity contribution in [2.45, 2.75) is 0 Å². The molecule has 0 unspecified atom stereocenters. The molecule has 54 heavy (non-hydrogen) atoms. The summed E-state index contributed by atoms with van der Waals surface area (Å²) in [5.74, 6) is 1.57. The van der Waals surface area contributed by atoms with Crippen LogP contribution in [0.3, 0.4) is 0 Å². The number of rotatable bonds is 4. The molecule has 0 heterocycles. The maximum absolute atomic E-state index is 15.3. The van der Waals surface area contributed by atoms with Gasteiger partial charge in [0.25, 0.3) is 0 Å². The molecule has 8 aromatic rings. The molecule has 0 fully saturated rings. The lowest BCUT2D eigenvalue weighted by atomic mass is 9.78. The maximum Gasteiger partial charge on any atom is 0.195 e. The average molecular weight is 705 g/mol. The first-order chi connectivity index (χ1) is 26.4. The molecule has 0 bridgehead atoms. The van der Waals surface area contributed by atoms with E-state index in [4.69, 9.17) is 18.9 Å². The fourth-order valence-electron chi connectivity index (χ4n) is 8.71. The van der Waals surface area contributed by atoms with Crippen LogP contribution in [0.4, 0.5) is 0 Å². The number of carbonyl (C=O) groups excluding carboxylic acids is 2. The molecular weight excluding hydrogens is 673 g/mol. The third kappa shape index (κ3) is 4.28. The Bertz CT molecular complexity index is 2910. The first-order valence-corrected chi connectivity index (χ1v) is 17.7. The lowest BCUT2D eigenvalue weighted by molar-refractivity contribution is 0.100. The third-order valence-corrected chi connectivity index (χ3v) is 11.1. The molecule has 0 spiro atoms. The molecule has 2 aliphatic rings. The topological polar surface area (TPSA) is 71.1 Å². The normalized spacial score (nSPS) is 15.5. The Hall–Kier alpha value is -6.92. The number of hydrogen-bond acceptors (Lipinski definition) is 6. The number of benzene rings is 8. The molecule has 0 aromatic heterocycles. The summed E-state index contributed by atoms with van der Waals surface area (Å²) in [7, 11) is 6.41. The molecule has 8 aromatic carbocycles. The number of carbonyl (C=O) groups is 2. The van der Waals surface area contributed by atoms with E-state index in [9.17, 15) is 0 Å². The van der Waals surface area contributed by atoms with Crippen molar-refractivity contribution in [2.24, 2.45) is 0 Å². The molecule has 6 nitrogen and oxygen atoms in total. The molecule has 6 heteroatoms. The van der Waals surface area contributed by atoms with E-state index in [1.807, 2.05) is 48.5 Å². The van der Waals surface area contributed by atoms with Crippen LogP contribution in [0.25, 0.3) is 76.2 Å². The van der Waals surface area contributed by atoms with Gasteiger partial charge in [-0.25, -0.2) is 0 Å². The van der Waals surface area contributed by atoms with Crippen LogP contribution in [-0.2, 0) is 9.47 Å². The minimum Gasteiger partial charge on any atom is -0.496 e. The van der Waals surface area contributed by atoms with Crippen molar-refractivity contribution in [3.05, 3.63) is 155 Å². The molecule has 0 saturated heterocycles. The van der Waals surface area contributed by atoms with Gasteiger partial charge in [-0.05, 0) is 79.5 Å². The Morgan fingerprint density at radius 2 is 0.778 bits per heavy atom. The number of ether oxygens (including phenoxy) is 4. The summed E-state index contributed by atoms with van der Waals surface area (Å²) in [5, 5.41) is 11.0. The molecule has 0 aliphatic heterocycles. The predicted octanol–water partition coefficient (Wildman–Crippen LogP) is 11.0. The maximum atomic E-state index is 15.3. The van der Waals surface area contributed by atoms with Crippen molar-refractivity contribution < 1.29 is 28.5 Å². The number of Topliss-reactive ketones (excluding diaryl/α,β-unsaturated/α-hetero) is 2. The van der Waals surface area contributed by atoms with Crippen molar-refractivity contribution in [2.75, 3.05) is 28.4 Å². The van der Waals surface area contributed by atoms with Crippen LogP contribution < -0.4 is 9.47 Å².